The summed E-state index contributed by atoms with van der Waals surface area (Å²) in [5.74, 6) is -3.69. The van der Waals surface area contributed by atoms with Gasteiger partial charge in [-0.05, 0) is 54.0 Å². The van der Waals surface area contributed by atoms with Gasteiger partial charge in [-0.15, -0.1) is 0 Å². The van der Waals surface area contributed by atoms with Gasteiger partial charge >= 0.3 is 23.9 Å². The molecule has 0 saturated heterocycles. The minimum atomic E-state index is -1.07. The third-order valence-electron chi connectivity index (χ3n) is 9.40. The van der Waals surface area contributed by atoms with Crippen molar-refractivity contribution in [1.82, 2.24) is 0 Å². The third kappa shape index (κ3) is 5.53. The Bertz CT molecular complexity index is 1340. The fourth-order valence-corrected chi connectivity index (χ4v) is 7.51. The van der Waals surface area contributed by atoms with E-state index in [1.807, 2.05) is 20.8 Å². The zero-order valence-corrected chi connectivity index (χ0v) is 25.4. The van der Waals surface area contributed by atoms with E-state index in [9.17, 15) is 24.0 Å². The number of fused-ring (bicyclic) bond motifs is 3. The van der Waals surface area contributed by atoms with Crippen LogP contribution in [-0.4, -0.2) is 54.1 Å². The Hall–Kier alpha value is -3.75. The number of Topliss-reactive ketones (excluding diaryl/α,β-unsaturated/α-hetero) is 1. The van der Waals surface area contributed by atoms with E-state index >= 15 is 0 Å². The molecule has 0 amide bonds. The van der Waals surface area contributed by atoms with Gasteiger partial charge in [-0.1, -0.05) is 45.5 Å². The molecule has 2 fully saturated rings. The number of ketones is 1. The molecule has 1 aromatic rings. The topological polar surface area (TPSA) is 122 Å². The first-order valence-electron chi connectivity index (χ1n) is 14.3. The normalized spacial score (nSPS) is 32.1. The highest BCUT2D eigenvalue weighted by Gasteiger charge is 2.64. The lowest BCUT2D eigenvalue weighted by Crippen LogP contribution is -2.64. The van der Waals surface area contributed by atoms with E-state index in [4.69, 9.17) is 18.9 Å². The Morgan fingerprint density at radius 3 is 2.05 bits per heavy atom. The van der Waals surface area contributed by atoms with Crippen molar-refractivity contribution in [1.29, 1.82) is 0 Å². The van der Waals surface area contributed by atoms with E-state index in [0.29, 0.717) is 35.1 Å². The van der Waals surface area contributed by atoms with Gasteiger partial charge in [0.15, 0.2) is 11.9 Å². The highest BCUT2D eigenvalue weighted by atomic mass is 16.6. The summed E-state index contributed by atoms with van der Waals surface area (Å²) in [6.07, 6.45) is -2.97. The highest BCUT2D eigenvalue weighted by Crippen LogP contribution is 2.60. The predicted molar refractivity (Wildman–Crippen MR) is 152 cm³/mol. The zero-order chi connectivity index (χ0) is 31.1. The molecule has 4 rings (SSSR count). The Morgan fingerprint density at radius 2 is 1.48 bits per heavy atom. The summed E-state index contributed by atoms with van der Waals surface area (Å²) in [4.78, 5) is 64.4. The number of hydrogen-bond acceptors (Lipinski definition) is 9. The first-order chi connectivity index (χ1) is 19.6. The number of carbonyl (C=O) groups is 5. The van der Waals surface area contributed by atoms with Crippen LogP contribution in [0.3, 0.4) is 0 Å². The van der Waals surface area contributed by atoms with Crippen LogP contribution in [0.25, 0.3) is 0 Å². The van der Waals surface area contributed by atoms with Crippen LogP contribution in [0.15, 0.2) is 53.6 Å². The molecular weight excluding hydrogens is 540 g/mol. The fraction of sp³-hybridized carbons (Fsp3) is 0.545. The number of allylic oxidation sites excluding steroid dienone is 1. The summed E-state index contributed by atoms with van der Waals surface area (Å²) in [5, 5.41) is 0. The second-order valence-corrected chi connectivity index (χ2v) is 12.5. The van der Waals surface area contributed by atoms with Crippen molar-refractivity contribution >= 4 is 29.7 Å². The molecule has 0 radical (unpaired) electrons. The van der Waals surface area contributed by atoms with Gasteiger partial charge in [0.05, 0.1) is 5.56 Å². The van der Waals surface area contributed by atoms with Gasteiger partial charge < -0.3 is 18.9 Å². The molecule has 7 atom stereocenters. The smallest absolute Gasteiger partial charge is 0.338 e. The second kappa shape index (κ2) is 11.5. The van der Waals surface area contributed by atoms with Crippen molar-refractivity contribution in [3.05, 3.63) is 59.2 Å². The first-order valence-corrected chi connectivity index (χ1v) is 14.3. The maximum atomic E-state index is 13.5. The van der Waals surface area contributed by atoms with Crippen molar-refractivity contribution in [2.24, 2.45) is 22.7 Å². The second-order valence-electron chi connectivity index (χ2n) is 12.5. The van der Waals surface area contributed by atoms with Gasteiger partial charge in [0.25, 0.3) is 0 Å². The minimum Gasteiger partial charge on any atom is -0.462 e. The molecule has 0 N–H and O–H groups in total. The van der Waals surface area contributed by atoms with Gasteiger partial charge in [0.2, 0.25) is 0 Å². The first kappa shape index (κ1) is 31.2. The van der Waals surface area contributed by atoms with Gasteiger partial charge in [-0.2, -0.15) is 0 Å². The van der Waals surface area contributed by atoms with Crippen LogP contribution in [0.4, 0.5) is 0 Å². The van der Waals surface area contributed by atoms with Crippen molar-refractivity contribution in [3.63, 3.8) is 0 Å². The van der Waals surface area contributed by atoms with E-state index in [1.165, 1.54) is 20.8 Å². The number of rotatable bonds is 5. The Balaban J connectivity index is 1.93. The summed E-state index contributed by atoms with van der Waals surface area (Å²) < 4.78 is 24.0. The molecule has 42 heavy (non-hydrogen) atoms. The number of hydrogen-bond donors (Lipinski definition) is 0. The molecule has 2 bridgehead atoms. The van der Waals surface area contributed by atoms with Crippen LogP contribution in [0, 0.1) is 22.7 Å². The molecule has 0 heterocycles. The standard InChI is InChI=1S/C33H40O9/c1-17-24(37)16-23-28(39-19(3)34)27-18(2)25(42-31(38)22-12-10-9-11-13-22)14-15-33(27,8)30(41-21(5)36)29(40-20(4)35)26(17)32(23,6)7/h9-13,23,25,27-30H,2,14-16H2,1,3-8H3. The van der Waals surface area contributed by atoms with Crippen LogP contribution in [0.2, 0.25) is 0 Å². The number of carbonyl (C=O) groups excluding carboxylic acids is 5. The molecule has 7 unspecified atom stereocenters. The highest BCUT2D eigenvalue weighted by molar-refractivity contribution is 5.97. The lowest BCUT2D eigenvalue weighted by molar-refractivity contribution is -0.201. The molecule has 3 aliphatic rings. The summed E-state index contributed by atoms with van der Waals surface area (Å²) in [5.41, 5.74) is 0.0317. The molecule has 0 aromatic heterocycles. The van der Waals surface area contributed by atoms with Crippen molar-refractivity contribution < 1.29 is 42.9 Å². The van der Waals surface area contributed by atoms with Gasteiger partial charge in [-0.3, -0.25) is 19.2 Å². The average molecular weight is 581 g/mol. The Morgan fingerprint density at radius 1 is 0.881 bits per heavy atom. The van der Waals surface area contributed by atoms with Crippen LogP contribution in [0.5, 0.6) is 0 Å². The van der Waals surface area contributed by atoms with E-state index in [1.54, 1.807) is 37.3 Å². The number of benzene rings is 1. The Kier molecular flexibility index (Phi) is 8.54. The van der Waals surface area contributed by atoms with Crippen LogP contribution < -0.4 is 0 Å². The van der Waals surface area contributed by atoms with Crippen molar-refractivity contribution in [2.45, 2.75) is 92.1 Å². The number of ether oxygens (including phenoxy) is 4. The Labute approximate surface area is 246 Å². The fourth-order valence-electron chi connectivity index (χ4n) is 7.51. The molecule has 0 spiro atoms. The zero-order valence-electron chi connectivity index (χ0n) is 25.4. The van der Waals surface area contributed by atoms with E-state index < -0.39 is 71.0 Å². The van der Waals surface area contributed by atoms with Gasteiger partial charge in [0, 0.05) is 44.4 Å². The van der Waals surface area contributed by atoms with Crippen molar-refractivity contribution in [3.8, 4) is 0 Å². The van der Waals surface area contributed by atoms with Gasteiger partial charge in [0.1, 0.15) is 18.3 Å². The molecular formula is C33H40O9. The largest absolute Gasteiger partial charge is 0.462 e. The lowest BCUT2D eigenvalue weighted by atomic mass is 9.49. The van der Waals surface area contributed by atoms with Crippen LogP contribution >= 0.6 is 0 Å². The van der Waals surface area contributed by atoms with E-state index in [0.717, 1.165) is 0 Å². The van der Waals surface area contributed by atoms with Crippen LogP contribution in [-0.2, 0) is 38.1 Å². The molecule has 2 saturated carbocycles. The molecule has 1 aromatic carbocycles. The van der Waals surface area contributed by atoms with Gasteiger partial charge in [-0.25, -0.2) is 4.79 Å². The minimum absolute atomic E-state index is 0.0830. The molecule has 3 aliphatic carbocycles. The maximum absolute atomic E-state index is 13.5. The van der Waals surface area contributed by atoms with Crippen LogP contribution in [0.1, 0.15) is 78.1 Å². The third-order valence-corrected chi connectivity index (χ3v) is 9.40. The summed E-state index contributed by atoms with van der Waals surface area (Å²) in [6.45, 7) is 15.6. The van der Waals surface area contributed by atoms with Crippen molar-refractivity contribution in [2.75, 3.05) is 0 Å². The summed E-state index contributed by atoms with van der Waals surface area (Å²) in [7, 11) is 0. The lowest BCUT2D eigenvalue weighted by Gasteiger charge is -2.59. The number of esters is 4. The molecule has 226 valence electrons. The molecule has 0 aliphatic heterocycles. The monoisotopic (exact) mass is 580 g/mol. The van der Waals surface area contributed by atoms with E-state index in [2.05, 4.69) is 6.58 Å². The maximum Gasteiger partial charge on any atom is 0.338 e. The summed E-state index contributed by atoms with van der Waals surface area (Å²) in [6, 6.07) is 8.59. The SMILES string of the molecule is C=C1C(OC(=O)c2ccccc2)CCC2(C)C(OC(C)=O)C(OC(C)=O)C3=C(C)C(=O)CC(C(OC(C)=O)C12)C3(C)C. The van der Waals surface area contributed by atoms with E-state index in [-0.39, 0.29) is 12.2 Å². The average Bonchev–Trinajstić information content (AvgIpc) is 2.89. The predicted octanol–water partition coefficient (Wildman–Crippen LogP) is 4.92. The molecule has 9 nitrogen and oxygen atoms in total. The quantitative estimate of drug-likeness (QED) is 0.271. The molecule has 9 heteroatoms. The summed E-state index contributed by atoms with van der Waals surface area (Å²) >= 11 is 0.